The number of hydrogen-bond donors (Lipinski definition) is 0. The van der Waals surface area contributed by atoms with Gasteiger partial charge in [-0.15, -0.1) is 0 Å². The summed E-state index contributed by atoms with van der Waals surface area (Å²) in [4.78, 5) is 27.7. The zero-order valence-corrected chi connectivity index (χ0v) is 18.6. The lowest BCUT2D eigenvalue weighted by molar-refractivity contribution is 0.0596. The van der Waals surface area contributed by atoms with Gasteiger partial charge in [0.05, 0.1) is 17.2 Å². The van der Waals surface area contributed by atoms with E-state index >= 15 is 0 Å². The van der Waals surface area contributed by atoms with Crippen LogP contribution in [0.3, 0.4) is 0 Å². The summed E-state index contributed by atoms with van der Waals surface area (Å²) in [5, 5.41) is 3.62. The Morgan fingerprint density at radius 3 is 1.56 bits per heavy atom. The van der Waals surface area contributed by atoms with E-state index in [0.29, 0.717) is 11.1 Å². The second-order valence-corrected chi connectivity index (χ2v) is 9.95. The number of carbonyl (C=O) groups excluding carboxylic acids is 2. The van der Waals surface area contributed by atoms with Crippen LogP contribution in [0.1, 0.15) is 39.2 Å². The number of nitrogens with zero attached hydrogens (tertiary/aromatic N) is 1. The van der Waals surface area contributed by atoms with Gasteiger partial charge < -0.3 is 0 Å². The molecule has 4 aromatic rings. The van der Waals surface area contributed by atoms with Crippen LogP contribution in [0.2, 0.25) is 0 Å². The third kappa shape index (κ3) is 3.45. The lowest BCUT2D eigenvalue weighted by Crippen LogP contribution is -2.35. The molecule has 0 aliphatic carbocycles. The molecule has 5 rings (SSSR count). The molecule has 0 spiro atoms. The van der Waals surface area contributed by atoms with Gasteiger partial charge in [-0.05, 0) is 48.5 Å². The van der Waals surface area contributed by atoms with Crippen molar-refractivity contribution < 1.29 is 9.59 Å². The Morgan fingerprint density at radius 1 is 0.594 bits per heavy atom. The maximum Gasteiger partial charge on any atom is 0.262 e. The fourth-order valence-electron chi connectivity index (χ4n) is 4.32. The third-order valence-electron chi connectivity index (χ3n) is 5.87. The topological polar surface area (TPSA) is 37.4 Å². The van der Waals surface area contributed by atoms with Gasteiger partial charge in [-0.3, -0.25) is 14.5 Å². The van der Waals surface area contributed by atoms with E-state index in [4.69, 9.17) is 0 Å². The summed E-state index contributed by atoms with van der Waals surface area (Å²) in [5.41, 5.74) is 1.96. The summed E-state index contributed by atoms with van der Waals surface area (Å²) < 4.78 is 0. The summed E-state index contributed by atoms with van der Waals surface area (Å²) >= 11 is 0. The van der Waals surface area contributed by atoms with Crippen LogP contribution in [0.5, 0.6) is 0 Å². The number of benzene rings is 4. The number of rotatable bonds is 5. The van der Waals surface area contributed by atoms with Crippen molar-refractivity contribution in [3.05, 3.63) is 126 Å². The molecule has 1 atom stereocenters. The molecule has 156 valence electrons. The van der Waals surface area contributed by atoms with Crippen molar-refractivity contribution in [2.45, 2.75) is 13.0 Å². The van der Waals surface area contributed by atoms with Crippen LogP contribution in [0.15, 0.2) is 109 Å². The predicted octanol–water partition coefficient (Wildman–Crippen LogP) is 4.80. The predicted molar refractivity (Wildman–Crippen MR) is 131 cm³/mol. The molecule has 32 heavy (non-hydrogen) atoms. The van der Waals surface area contributed by atoms with E-state index in [0.717, 1.165) is 10.9 Å². The first kappa shape index (κ1) is 20.4. The van der Waals surface area contributed by atoms with Gasteiger partial charge in [0.1, 0.15) is 0 Å². The molecule has 2 amide bonds. The minimum absolute atomic E-state index is 0.225. The zero-order valence-electron chi connectivity index (χ0n) is 17.7. The second-order valence-electron chi connectivity index (χ2n) is 7.77. The van der Waals surface area contributed by atoms with Crippen LogP contribution in [0.4, 0.5) is 0 Å². The molecule has 1 unspecified atom stereocenters. The van der Waals surface area contributed by atoms with Gasteiger partial charge in [-0.1, -0.05) is 97.1 Å². The van der Waals surface area contributed by atoms with Crippen LogP contribution in [0, 0.1) is 0 Å². The fourth-order valence-corrected chi connectivity index (χ4v) is 6.87. The van der Waals surface area contributed by atoms with E-state index in [2.05, 4.69) is 54.6 Å². The average molecular weight is 435 g/mol. The van der Waals surface area contributed by atoms with Crippen LogP contribution in [0.25, 0.3) is 0 Å². The maximum absolute atomic E-state index is 13.2. The van der Waals surface area contributed by atoms with Gasteiger partial charge in [0.15, 0.2) is 0 Å². The van der Waals surface area contributed by atoms with Crippen molar-refractivity contribution in [2.24, 2.45) is 0 Å². The SMILES string of the molecule is CC(c1ccccc1P(c1ccccc1)c1ccccc1)N1C(=O)c2ccccc2C1=O. The Labute approximate surface area is 189 Å². The van der Waals surface area contributed by atoms with Crippen LogP contribution >= 0.6 is 7.92 Å². The molecule has 1 aliphatic rings. The molecule has 4 heteroatoms. The van der Waals surface area contributed by atoms with E-state index in [1.165, 1.54) is 15.5 Å². The van der Waals surface area contributed by atoms with Crippen molar-refractivity contribution in [3.8, 4) is 0 Å². The second kappa shape index (κ2) is 8.53. The summed E-state index contributed by atoms with van der Waals surface area (Å²) in [6.45, 7) is 1.95. The van der Waals surface area contributed by atoms with E-state index in [1.807, 2.05) is 37.3 Å². The summed E-state index contributed by atoms with van der Waals surface area (Å²) in [5.74, 6) is -0.451. The number of imide groups is 1. The van der Waals surface area contributed by atoms with Crippen LogP contribution < -0.4 is 15.9 Å². The number of fused-ring (bicyclic) bond motifs is 1. The van der Waals surface area contributed by atoms with E-state index < -0.39 is 7.92 Å². The lowest BCUT2D eigenvalue weighted by atomic mass is 10.1. The van der Waals surface area contributed by atoms with Gasteiger partial charge in [-0.25, -0.2) is 0 Å². The highest BCUT2D eigenvalue weighted by Gasteiger charge is 2.39. The molecule has 0 saturated heterocycles. The quantitative estimate of drug-likeness (QED) is 0.334. The Bertz CT molecular complexity index is 1210. The summed E-state index contributed by atoms with van der Waals surface area (Å²) in [6, 6.07) is 35.8. The number of carbonyl (C=O) groups is 2. The first-order valence-electron chi connectivity index (χ1n) is 10.6. The van der Waals surface area contributed by atoms with Crippen molar-refractivity contribution in [2.75, 3.05) is 0 Å². The first-order valence-corrected chi connectivity index (χ1v) is 12.0. The molecule has 4 aromatic carbocycles. The van der Waals surface area contributed by atoms with Gasteiger partial charge >= 0.3 is 0 Å². The molecule has 0 aromatic heterocycles. The average Bonchev–Trinajstić information content (AvgIpc) is 3.11. The maximum atomic E-state index is 13.2. The fraction of sp³-hybridized carbons (Fsp3) is 0.0714. The van der Waals surface area contributed by atoms with Gasteiger partial charge in [0, 0.05) is 0 Å². The Morgan fingerprint density at radius 2 is 1.03 bits per heavy atom. The van der Waals surface area contributed by atoms with Crippen molar-refractivity contribution in [1.29, 1.82) is 0 Å². The Balaban J connectivity index is 1.62. The van der Waals surface area contributed by atoms with Crippen LogP contribution in [-0.4, -0.2) is 16.7 Å². The smallest absolute Gasteiger partial charge is 0.262 e. The molecular formula is C28H22NO2P. The molecule has 3 nitrogen and oxygen atoms in total. The molecule has 0 radical (unpaired) electrons. The van der Waals surface area contributed by atoms with Gasteiger partial charge in [0.2, 0.25) is 0 Å². The van der Waals surface area contributed by atoms with Crippen molar-refractivity contribution >= 4 is 35.6 Å². The van der Waals surface area contributed by atoms with E-state index in [-0.39, 0.29) is 17.9 Å². The summed E-state index contributed by atoms with van der Waals surface area (Å²) in [6.07, 6.45) is 0. The third-order valence-corrected chi connectivity index (χ3v) is 8.39. The van der Waals surface area contributed by atoms with Crippen LogP contribution in [-0.2, 0) is 0 Å². The molecule has 0 fully saturated rings. The van der Waals surface area contributed by atoms with E-state index in [9.17, 15) is 9.59 Å². The molecular weight excluding hydrogens is 413 g/mol. The highest BCUT2D eigenvalue weighted by molar-refractivity contribution is 7.79. The highest BCUT2D eigenvalue weighted by Crippen LogP contribution is 2.38. The minimum Gasteiger partial charge on any atom is -0.269 e. The van der Waals surface area contributed by atoms with Crippen molar-refractivity contribution in [1.82, 2.24) is 4.90 Å². The molecule has 1 heterocycles. The molecule has 0 bridgehead atoms. The van der Waals surface area contributed by atoms with Gasteiger partial charge in [0.25, 0.3) is 11.8 Å². The standard InChI is InChI=1S/C28H22NO2P/c1-20(29-27(30)24-17-8-9-18-25(24)28(29)31)23-16-10-11-19-26(23)32(21-12-4-2-5-13-21)22-14-6-3-7-15-22/h2-20H,1H3. The Hall–Kier alpha value is -3.55. The molecule has 0 saturated carbocycles. The zero-order chi connectivity index (χ0) is 22.1. The number of hydrogen-bond acceptors (Lipinski definition) is 2. The monoisotopic (exact) mass is 435 g/mol. The number of amides is 2. The molecule has 1 aliphatic heterocycles. The highest BCUT2D eigenvalue weighted by atomic mass is 31.1. The first-order chi connectivity index (χ1) is 15.7. The summed E-state index contributed by atoms with van der Waals surface area (Å²) in [7, 11) is -0.850. The Kier molecular flexibility index (Phi) is 5.43. The van der Waals surface area contributed by atoms with Gasteiger partial charge in [-0.2, -0.15) is 0 Å². The largest absolute Gasteiger partial charge is 0.269 e. The normalized spacial score (nSPS) is 14.0. The minimum atomic E-state index is -0.850. The lowest BCUT2D eigenvalue weighted by Gasteiger charge is -2.28. The van der Waals surface area contributed by atoms with Crippen molar-refractivity contribution in [3.63, 3.8) is 0 Å². The van der Waals surface area contributed by atoms with E-state index in [1.54, 1.807) is 24.3 Å². The molecule has 0 N–H and O–H groups in total.